The Labute approximate surface area is 139 Å². The van der Waals surface area contributed by atoms with Gasteiger partial charge in [0.25, 0.3) is 5.91 Å². The standard InChI is InChI=1S/C18H19FN2O3/c1-11-10-15(12(2)24-11)16(22)20-21-17(23)18(8-3-9-18)13-4-6-14(19)7-5-13/h4-7,10H,3,8-9H2,1-2H3,(H,20,22)(H,21,23). The predicted octanol–water partition coefficient (Wildman–Crippen LogP) is 2.92. The molecule has 1 aromatic heterocycles. The number of furan rings is 1. The molecule has 0 saturated heterocycles. The van der Waals surface area contributed by atoms with Gasteiger partial charge in [0.05, 0.1) is 11.0 Å². The Morgan fingerprint density at radius 1 is 1.12 bits per heavy atom. The topological polar surface area (TPSA) is 71.3 Å². The van der Waals surface area contributed by atoms with E-state index in [1.54, 1.807) is 32.0 Å². The summed E-state index contributed by atoms with van der Waals surface area (Å²) in [7, 11) is 0. The van der Waals surface area contributed by atoms with Crippen LogP contribution in [-0.2, 0) is 10.2 Å². The molecule has 1 aliphatic rings. The second-order valence-corrected chi connectivity index (χ2v) is 6.18. The van der Waals surface area contributed by atoms with E-state index in [4.69, 9.17) is 4.42 Å². The van der Waals surface area contributed by atoms with Crippen LogP contribution in [-0.4, -0.2) is 11.8 Å². The SMILES string of the molecule is Cc1cc(C(=O)NNC(=O)C2(c3ccc(F)cc3)CCC2)c(C)o1. The molecular formula is C18H19FN2O3. The Hall–Kier alpha value is -2.63. The largest absolute Gasteiger partial charge is 0.466 e. The molecule has 1 heterocycles. The van der Waals surface area contributed by atoms with Gasteiger partial charge in [0.15, 0.2) is 0 Å². The van der Waals surface area contributed by atoms with Gasteiger partial charge in [-0.15, -0.1) is 0 Å². The van der Waals surface area contributed by atoms with Crippen molar-refractivity contribution in [1.29, 1.82) is 0 Å². The minimum atomic E-state index is -0.706. The van der Waals surface area contributed by atoms with Crippen molar-refractivity contribution >= 4 is 11.8 Å². The number of carbonyl (C=O) groups is 2. The molecule has 1 aromatic carbocycles. The molecule has 0 unspecified atom stereocenters. The van der Waals surface area contributed by atoms with Crippen molar-refractivity contribution in [3.8, 4) is 0 Å². The Kier molecular flexibility index (Phi) is 4.13. The van der Waals surface area contributed by atoms with Crippen LogP contribution in [0.4, 0.5) is 4.39 Å². The molecule has 0 spiro atoms. The third kappa shape index (κ3) is 2.79. The number of carbonyl (C=O) groups excluding carboxylic acids is 2. The molecule has 0 radical (unpaired) electrons. The zero-order valence-electron chi connectivity index (χ0n) is 13.6. The molecule has 126 valence electrons. The number of hydrazine groups is 1. The van der Waals surface area contributed by atoms with Gasteiger partial charge in [-0.05, 0) is 50.5 Å². The maximum atomic E-state index is 13.1. The van der Waals surface area contributed by atoms with Crippen molar-refractivity contribution < 1.29 is 18.4 Å². The highest BCUT2D eigenvalue weighted by Crippen LogP contribution is 2.43. The van der Waals surface area contributed by atoms with Crippen LogP contribution in [0.3, 0.4) is 0 Å². The van der Waals surface area contributed by atoms with Gasteiger partial charge in [0, 0.05) is 0 Å². The van der Waals surface area contributed by atoms with Crippen molar-refractivity contribution in [2.75, 3.05) is 0 Å². The number of nitrogens with one attached hydrogen (secondary N) is 2. The van der Waals surface area contributed by atoms with E-state index in [1.165, 1.54) is 12.1 Å². The smallest absolute Gasteiger partial charge is 0.273 e. The Bertz CT molecular complexity index is 776. The van der Waals surface area contributed by atoms with Crippen LogP contribution in [0.2, 0.25) is 0 Å². The van der Waals surface area contributed by atoms with Gasteiger partial charge in [-0.2, -0.15) is 0 Å². The molecule has 6 heteroatoms. The summed E-state index contributed by atoms with van der Waals surface area (Å²) in [5.74, 6) is 0.0764. The van der Waals surface area contributed by atoms with E-state index in [9.17, 15) is 14.0 Å². The fourth-order valence-corrected chi connectivity index (χ4v) is 3.10. The van der Waals surface area contributed by atoms with E-state index in [0.29, 0.717) is 29.9 Å². The molecule has 2 N–H and O–H groups in total. The Morgan fingerprint density at radius 3 is 2.29 bits per heavy atom. The molecule has 1 saturated carbocycles. The van der Waals surface area contributed by atoms with Crippen molar-refractivity contribution in [3.05, 3.63) is 58.8 Å². The quantitative estimate of drug-likeness (QED) is 0.850. The number of hydrogen-bond acceptors (Lipinski definition) is 3. The summed E-state index contributed by atoms with van der Waals surface area (Å²) in [6, 6.07) is 7.56. The average Bonchev–Trinajstić information content (AvgIpc) is 2.84. The molecule has 24 heavy (non-hydrogen) atoms. The second-order valence-electron chi connectivity index (χ2n) is 6.18. The molecule has 1 fully saturated rings. The van der Waals surface area contributed by atoms with Crippen LogP contribution in [0.25, 0.3) is 0 Å². The Balaban J connectivity index is 1.70. The zero-order valence-corrected chi connectivity index (χ0v) is 13.6. The summed E-state index contributed by atoms with van der Waals surface area (Å²) >= 11 is 0. The van der Waals surface area contributed by atoms with Crippen molar-refractivity contribution in [1.82, 2.24) is 10.9 Å². The first-order valence-corrected chi connectivity index (χ1v) is 7.86. The highest BCUT2D eigenvalue weighted by atomic mass is 19.1. The van der Waals surface area contributed by atoms with E-state index in [0.717, 1.165) is 12.0 Å². The van der Waals surface area contributed by atoms with Gasteiger partial charge in [0.2, 0.25) is 5.91 Å². The summed E-state index contributed by atoms with van der Waals surface area (Å²) in [6.07, 6.45) is 2.26. The summed E-state index contributed by atoms with van der Waals surface area (Å²) in [5.41, 5.74) is 5.38. The summed E-state index contributed by atoms with van der Waals surface area (Å²) in [5, 5.41) is 0. The summed E-state index contributed by atoms with van der Waals surface area (Å²) in [4.78, 5) is 24.8. The van der Waals surface area contributed by atoms with E-state index < -0.39 is 11.3 Å². The molecule has 2 amide bonds. The lowest BCUT2D eigenvalue weighted by Gasteiger charge is -2.40. The third-order valence-electron chi connectivity index (χ3n) is 4.61. The molecule has 0 bridgehead atoms. The van der Waals surface area contributed by atoms with Crippen LogP contribution in [0.1, 0.15) is 46.7 Å². The highest BCUT2D eigenvalue weighted by molar-refractivity contribution is 5.97. The number of amides is 2. The zero-order chi connectivity index (χ0) is 17.3. The first-order chi connectivity index (χ1) is 11.4. The monoisotopic (exact) mass is 330 g/mol. The van der Waals surface area contributed by atoms with Gasteiger partial charge >= 0.3 is 0 Å². The lowest BCUT2D eigenvalue weighted by molar-refractivity contribution is -0.130. The minimum absolute atomic E-state index is 0.286. The van der Waals surface area contributed by atoms with Crippen LogP contribution in [0.5, 0.6) is 0 Å². The summed E-state index contributed by atoms with van der Waals surface area (Å²) in [6.45, 7) is 3.44. The van der Waals surface area contributed by atoms with Crippen molar-refractivity contribution in [3.63, 3.8) is 0 Å². The highest BCUT2D eigenvalue weighted by Gasteiger charge is 2.45. The lowest BCUT2D eigenvalue weighted by atomic mass is 9.64. The van der Waals surface area contributed by atoms with Crippen molar-refractivity contribution in [2.24, 2.45) is 0 Å². The molecule has 1 aliphatic carbocycles. The molecular weight excluding hydrogens is 311 g/mol. The number of aryl methyl sites for hydroxylation is 2. The van der Waals surface area contributed by atoms with Crippen molar-refractivity contribution in [2.45, 2.75) is 38.5 Å². The lowest BCUT2D eigenvalue weighted by Crippen LogP contribution is -2.54. The van der Waals surface area contributed by atoms with Crippen LogP contribution in [0.15, 0.2) is 34.7 Å². The molecule has 0 atom stereocenters. The number of rotatable bonds is 3. The minimum Gasteiger partial charge on any atom is -0.466 e. The van der Waals surface area contributed by atoms with E-state index >= 15 is 0 Å². The maximum absolute atomic E-state index is 13.1. The first-order valence-electron chi connectivity index (χ1n) is 7.86. The number of benzene rings is 1. The van der Waals surface area contributed by atoms with E-state index in [2.05, 4.69) is 10.9 Å². The van der Waals surface area contributed by atoms with E-state index in [1.807, 2.05) is 0 Å². The molecule has 0 aliphatic heterocycles. The average molecular weight is 330 g/mol. The number of halogens is 1. The van der Waals surface area contributed by atoms with Gasteiger partial charge in [-0.25, -0.2) is 4.39 Å². The van der Waals surface area contributed by atoms with Gasteiger partial charge in [0.1, 0.15) is 17.3 Å². The first kappa shape index (κ1) is 16.2. The molecule has 3 rings (SSSR count). The number of hydrogen-bond donors (Lipinski definition) is 2. The Morgan fingerprint density at radius 2 is 1.79 bits per heavy atom. The van der Waals surface area contributed by atoms with E-state index in [-0.39, 0.29) is 11.7 Å². The molecule has 5 nitrogen and oxygen atoms in total. The summed E-state index contributed by atoms with van der Waals surface area (Å²) < 4.78 is 18.4. The van der Waals surface area contributed by atoms with Gasteiger partial charge in [-0.1, -0.05) is 18.6 Å². The van der Waals surface area contributed by atoms with Gasteiger partial charge < -0.3 is 4.42 Å². The second kappa shape index (κ2) is 6.11. The fourth-order valence-electron chi connectivity index (χ4n) is 3.10. The van der Waals surface area contributed by atoms with Crippen LogP contribution < -0.4 is 10.9 Å². The predicted molar refractivity (Wildman–Crippen MR) is 85.7 cm³/mol. The van der Waals surface area contributed by atoms with Crippen LogP contribution >= 0.6 is 0 Å². The van der Waals surface area contributed by atoms with Crippen LogP contribution in [0, 0.1) is 19.7 Å². The third-order valence-corrected chi connectivity index (χ3v) is 4.61. The fraction of sp³-hybridized carbons (Fsp3) is 0.333. The normalized spacial score (nSPS) is 15.5. The maximum Gasteiger partial charge on any atom is 0.273 e. The van der Waals surface area contributed by atoms with Gasteiger partial charge in [-0.3, -0.25) is 20.4 Å². The molecule has 2 aromatic rings.